The standard InChI is InChI=1S/C17H24N4OS/c1-14(2)21-9-8-20(7-5-18)17(16(21)22)4-6-19(13-17)11-15-3-10-23-12-15/h3,10,12,14H,4,6-9,11,13H2,1-2H3. The van der Waals surface area contributed by atoms with E-state index in [-0.39, 0.29) is 11.9 Å². The van der Waals surface area contributed by atoms with Crippen molar-refractivity contribution in [2.24, 2.45) is 0 Å². The molecule has 5 nitrogen and oxygen atoms in total. The molecule has 3 heterocycles. The quantitative estimate of drug-likeness (QED) is 0.789. The van der Waals surface area contributed by atoms with Crippen LogP contribution in [0.1, 0.15) is 25.8 Å². The van der Waals surface area contributed by atoms with E-state index in [9.17, 15) is 4.79 Å². The highest BCUT2D eigenvalue weighted by molar-refractivity contribution is 7.07. The van der Waals surface area contributed by atoms with Crippen molar-refractivity contribution in [3.05, 3.63) is 22.4 Å². The molecule has 2 aliphatic rings. The van der Waals surface area contributed by atoms with Gasteiger partial charge >= 0.3 is 0 Å². The summed E-state index contributed by atoms with van der Waals surface area (Å²) >= 11 is 1.71. The molecule has 1 aromatic heterocycles. The number of hydrogen-bond donors (Lipinski definition) is 0. The summed E-state index contributed by atoms with van der Waals surface area (Å²) in [6, 6.07) is 4.61. The van der Waals surface area contributed by atoms with E-state index in [4.69, 9.17) is 5.26 Å². The van der Waals surface area contributed by atoms with Gasteiger partial charge in [-0.25, -0.2) is 0 Å². The lowest BCUT2D eigenvalue weighted by molar-refractivity contribution is -0.152. The molecular formula is C17H24N4OS. The number of thiophene rings is 1. The van der Waals surface area contributed by atoms with Gasteiger partial charge in [0, 0.05) is 38.8 Å². The van der Waals surface area contributed by atoms with Crippen molar-refractivity contribution >= 4 is 17.2 Å². The molecule has 0 aliphatic carbocycles. The molecule has 0 saturated carbocycles. The third kappa shape index (κ3) is 3.01. The Hall–Kier alpha value is -1.42. The van der Waals surface area contributed by atoms with Crippen LogP contribution in [-0.4, -0.2) is 64.9 Å². The molecule has 1 unspecified atom stereocenters. The number of likely N-dealkylation sites (tertiary alicyclic amines) is 1. The number of carbonyl (C=O) groups is 1. The molecule has 0 radical (unpaired) electrons. The first-order valence-corrected chi connectivity index (χ1v) is 9.17. The number of carbonyl (C=O) groups excluding carboxylic acids is 1. The number of amides is 1. The first-order chi connectivity index (χ1) is 11.1. The molecule has 2 saturated heterocycles. The van der Waals surface area contributed by atoms with Gasteiger partial charge in [0.05, 0.1) is 12.6 Å². The van der Waals surface area contributed by atoms with Crippen LogP contribution < -0.4 is 0 Å². The summed E-state index contributed by atoms with van der Waals surface area (Å²) in [5.74, 6) is 0.210. The molecule has 3 rings (SSSR count). The zero-order chi connectivity index (χ0) is 16.4. The van der Waals surface area contributed by atoms with Crippen LogP contribution in [0.25, 0.3) is 0 Å². The summed E-state index contributed by atoms with van der Waals surface area (Å²) < 4.78 is 0. The van der Waals surface area contributed by atoms with E-state index >= 15 is 0 Å². The highest BCUT2D eigenvalue weighted by Crippen LogP contribution is 2.34. The van der Waals surface area contributed by atoms with Crippen molar-refractivity contribution in [3.8, 4) is 6.07 Å². The van der Waals surface area contributed by atoms with Gasteiger partial charge in [-0.05, 0) is 42.7 Å². The smallest absolute Gasteiger partial charge is 0.244 e. The topological polar surface area (TPSA) is 50.6 Å². The van der Waals surface area contributed by atoms with E-state index in [1.165, 1.54) is 5.56 Å². The van der Waals surface area contributed by atoms with E-state index in [0.717, 1.165) is 39.1 Å². The lowest BCUT2D eigenvalue weighted by atomic mass is 9.90. The molecule has 2 fully saturated rings. The maximum atomic E-state index is 13.2. The Balaban J connectivity index is 1.80. The minimum Gasteiger partial charge on any atom is -0.337 e. The lowest BCUT2D eigenvalue weighted by Gasteiger charge is -2.48. The summed E-state index contributed by atoms with van der Waals surface area (Å²) in [5, 5.41) is 13.4. The summed E-state index contributed by atoms with van der Waals surface area (Å²) in [6.07, 6.45) is 0.820. The van der Waals surface area contributed by atoms with Crippen LogP contribution >= 0.6 is 11.3 Å². The fourth-order valence-electron chi connectivity index (χ4n) is 3.83. The number of nitriles is 1. The maximum Gasteiger partial charge on any atom is 0.244 e. The predicted octanol–water partition coefficient (Wildman–Crippen LogP) is 1.77. The Bertz CT molecular complexity index is 594. The van der Waals surface area contributed by atoms with Crippen molar-refractivity contribution in [1.82, 2.24) is 14.7 Å². The average molecular weight is 332 g/mol. The first-order valence-electron chi connectivity index (χ1n) is 8.23. The van der Waals surface area contributed by atoms with Gasteiger partial charge in [-0.1, -0.05) is 0 Å². The van der Waals surface area contributed by atoms with Gasteiger partial charge in [-0.3, -0.25) is 14.6 Å². The maximum absolute atomic E-state index is 13.2. The van der Waals surface area contributed by atoms with E-state index in [2.05, 4.69) is 46.5 Å². The second-order valence-corrected chi connectivity index (χ2v) is 7.58. The van der Waals surface area contributed by atoms with Crippen LogP contribution in [0, 0.1) is 11.3 Å². The highest BCUT2D eigenvalue weighted by Gasteiger charge is 2.53. The van der Waals surface area contributed by atoms with Gasteiger partial charge < -0.3 is 4.90 Å². The molecular weight excluding hydrogens is 308 g/mol. The van der Waals surface area contributed by atoms with Crippen molar-refractivity contribution in [3.63, 3.8) is 0 Å². The largest absolute Gasteiger partial charge is 0.337 e. The summed E-state index contributed by atoms with van der Waals surface area (Å²) in [5.41, 5.74) is 0.803. The van der Waals surface area contributed by atoms with Crippen LogP contribution in [0.3, 0.4) is 0 Å². The third-order valence-electron chi connectivity index (χ3n) is 5.07. The summed E-state index contributed by atoms with van der Waals surface area (Å²) in [6.45, 7) is 8.54. The molecule has 0 N–H and O–H groups in total. The first kappa shape index (κ1) is 16.4. The monoisotopic (exact) mass is 332 g/mol. The van der Waals surface area contributed by atoms with Crippen LogP contribution in [0.5, 0.6) is 0 Å². The van der Waals surface area contributed by atoms with Crippen molar-refractivity contribution in [2.45, 2.75) is 38.4 Å². The van der Waals surface area contributed by atoms with Gasteiger partial charge in [0.15, 0.2) is 0 Å². The van der Waals surface area contributed by atoms with Gasteiger partial charge in [0.25, 0.3) is 0 Å². The van der Waals surface area contributed by atoms with E-state index < -0.39 is 5.54 Å². The fourth-order valence-corrected chi connectivity index (χ4v) is 4.49. The minimum atomic E-state index is -0.506. The molecule has 1 atom stereocenters. The molecule has 0 bridgehead atoms. The summed E-state index contributed by atoms with van der Waals surface area (Å²) in [7, 11) is 0. The number of piperazine rings is 1. The highest BCUT2D eigenvalue weighted by atomic mass is 32.1. The van der Waals surface area contributed by atoms with E-state index in [0.29, 0.717) is 6.54 Å². The van der Waals surface area contributed by atoms with Crippen LogP contribution in [-0.2, 0) is 11.3 Å². The Kier molecular flexibility index (Phi) is 4.72. The Morgan fingerprint density at radius 1 is 1.39 bits per heavy atom. The van der Waals surface area contributed by atoms with Crippen LogP contribution in [0.15, 0.2) is 16.8 Å². The summed E-state index contributed by atoms with van der Waals surface area (Å²) in [4.78, 5) is 19.6. The van der Waals surface area contributed by atoms with Crippen molar-refractivity contribution < 1.29 is 4.79 Å². The normalized spacial score (nSPS) is 26.3. The zero-order valence-corrected chi connectivity index (χ0v) is 14.7. The van der Waals surface area contributed by atoms with Crippen molar-refractivity contribution in [1.29, 1.82) is 5.26 Å². The average Bonchev–Trinajstić information content (AvgIpc) is 3.16. The van der Waals surface area contributed by atoms with Gasteiger partial charge in [0.1, 0.15) is 5.54 Å². The van der Waals surface area contributed by atoms with Crippen LogP contribution in [0.4, 0.5) is 0 Å². The van der Waals surface area contributed by atoms with Gasteiger partial charge in [-0.15, -0.1) is 0 Å². The SMILES string of the molecule is CC(C)N1CCN(CC#N)C2(CCN(Cc3ccsc3)C2)C1=O. The molecule has 0 aromatic carbocycles. The second-order valence-electron chi connectivity index (χ2n) is 6.80. The number of nitrogens with zero attached hydrogens (tertiary/aromatic N) is 4. The van der Waals surface area contributed by atoms with Crippen molar-refractivity contribution in [2.75, 3.05) is 32.7 Å². The number of rotatable bonds is 4. The molecule has 1 aromatic rings. The Morgan fingerprint density at radius 3 is 2.87 bits per heavy atom. The third-order valence-corrected chi connectivity index (χ3v) is 5.81. The Labute approximate surface area is 142 Å². The van der Waals surface area contributed by atoms with Gasteiger partial charge in [0.2, 0.25) is 5.91 Å². The molecule has 1 spiro atoms. The second kappa shape index (κ2) is 6.60. The van der Waals surface area contributed by atoms with Crippen LogP contribution in [0.2, 0.25) is 0 Å². The van der Waals surface area contributed by atoms with E-state index in [1.54, 1.807) is 11.3 Å². The fraction of sp³-hybridized carbons (Fsp3) is 0.647. The molecule has 6 heteroatoms. The molecule has 23 heavy (non-hydrogen) atoms. The van der Waals surface area contributed by atoms with Gasteiger partial charge in [-0.2, -0.15) is 16.6 Å². The lowest BCUT2D eigenvalue weighted by Crippen LogP contribution is -2.68. The Morgan fingerprint density at radius 2 is 2.22 bits per heavy atom. The molecule has 1 amide bonds. The zero-order valence-electron chi connectivity index (χ0n) is 13.9. The molecule has 124 valence electrons. The van der Waals surface area contributed by atoms with E-state index in [1.807, 2.05) is 4.90 Å². The molecule has 2 aliphatic heterocycles. The minimum absolute atomic E-state index is 0.210. The number of hydrogen-bond acceptors (Lipinski definition) is 5. The predicted molar refractivity (Wildman–Crippen MR) is 91.0 cm³/mol.